The highest BCUT2D eigenvalue weighted by Crippen LogP contribution is 2.14. The van der Waals surface area contributed by atoms with Gasteiger partial charge in [0.05, 0.1) is 12.5 Å². The van der Waals surface area contributed by atoms with Crippen molar-refractivity contribution in [3.8, 4) is 0 Å². The van der Waals surface area contributed by atoms with Gasteiger partial charge in [0.15, 0.2) is 0 Å². The molecule has 6 heteroatoms. The fourth-order valence-electron chi connectivity index (χ4n) is 1.61. The zero-order valence-corrected chi connectivity index (χ0v) is 14.2. The summed E-state index contributed by atoms with van der Waals surface area (Å²) < 4.78 is 16.5. The van der Waals surface area contributed by atoms with Gasteiger partial charge in [0.2, 0.25) is 0 Å². The number of carbonyl (C=O) groups is 1. The van der Waals surface area contributed by atoms with Crippen LogP contribution in [0.2, 0.25) is 6.82 Å². The molecule has 0 unspecified atom stereocenters. The maximum Gasteiger partial charge on any atom is 0.453 e. The molecule has 0 aliphatic heterocycles. The lowest BCUT2D eigenvalue weighted by molar-refractivity contribution is -0.156. The lowest BCUT2D eigenvalue weighted by Crippen LogP contribution is -2.32. The number of alkyl halides is 1. The Morgan fingerprint density at radius 3 is 2.50 bits per heavy atom. The fraction of sp³-hybridized carbons (Fsp3) is 0.929. The number of hydrogen-bond donors (Lipinski definition) is 0. The van der Waals surface area contributed by atoms with E-state index in [2.05, 4.69) is 6.92 Å². The highest BCUT2D eigenvalue weighted by molar-refractivity contribution is 6.42. The number of carbonyl (C=O) groups excluding carboxylic acids is 1. The van der Waals surface area contributed by atoms with E-state index in [4.69, 9.17) is 25.6 Å². The molecule has 20 heavy (non-hydrogen) atoms. The molecule has 0 saturated heterocycles. The van der Waals surface area contributed by atoms with Crippen LogP contribution in [0.4, 0.5) is 0 Å². The maximum atomic E-state index is 11.8. The summed E-state index contributed by atoms with van der Waals surface area (Å²) in [5.74, 6) is 0.170. The molecule has 0 radical (unpaired) electrons. The minimum Gasteiger partial charge on any atom is -0.460 e. The molecule has 0 aliphatic rings. The molecule has 0 fully saturated rings. The van der Waals surface area contributed by atoms with Crippen molar-refractivity contribution in [1.29, 1.82) is 0 Å². The van der Waals surface area contributed by atoms with Crippen molar-refractivity contribution in [2.45, 2.75) is 71.9 Å². The van der Waals surface area contributed by atoms with Gasteiger partial charge in [-0.3, -0.25) is 4.79 Å². The largest absolute Gasteiger partial charge is 0.460 e. The Hall–Kier alpha value is -0.255. The predicted molar refractivity (Wildman–Crippen MR) is 83.2 cm³/mol. The zero-order chi connectivity index (χ0) is 15.6. The van der Waals surface area contributed by atoms with E-state index >= 15 is 0 Å². The van der Waals surface area contributed by atoms with Crippen LogP contribution < -0.4 is 0 Å². The third-order valence-electron chi connectivity index (χ3n) is 2.48. The fourth-order valence-corrected chi connectivity index (χ4v) is 1.86. The van der Waals surface area contributed by atoms with Gasteiger partial charge in [-0.1, -0.05) is 13.3 Å². The van der Waals surface area contributed by atoms with Crippen LogP contribution in [0.5, 0.6) is 0 Å². The number of rotatable bonds is 10. The van der Waals surface area contributed by atoms with E-state index < -0.39 is 5.60 Å². The monoisotopic (exact) mass is 306 g/mol. The Labute approximate surface area is 128 Å². The summed E-state index contributed by atoms with van der Waals surface area (Å²) in [7, 11) is -0.336. The number of esters is 1. The summed E-state index contributed by atoms with van der Waals surface area (Å²) >= 11 is 5.75. The van der Waals surface area contributed by atoms with Gasteiger partial charge in [0.25, 0.3) is 0 Å². The number of ether oxygens (including phenoxy) is 1. The second kappa shape index (κ2) is 10.5. The molecule has 1 atom stereocenters. The van der Waals surface area contributed by atoms with Crippen molar-refractivity contribution >= 4 is 24.7 Å². The lowest BCUT2D eigenvalue weighted by Gasteiger charge is -2.23. The molecule has 0 N–H and O–H groups in total. The molecule has 0 aromatic rings. The molecular formula is C14H28BClO4. The summed E-state index contributed by atoms with van der Waals surface area (Å²) in [5, 5.41) is 0. The summed E-state index contributed by atoms with van der Waals surface area (Å²) in [5.41, 5.74) is -0.480. The average Bonchev–Trinajstić information content (AvgIpc) is 2.26. The molecule has 0 aromatic carbocycles. The molecule has 4 nitrogen and oxygen atoms in total. The van der Waals surface area contributed by atoms with Gasteiger partial charge in [-0.15, -0.1) is 11.6 Å². The van der Waals surface area contributed by atoms with Crippen molar-refractivity contribution < 1.29 is 18.8 Å². The van der Waals surface area contributed by atoms with Gasteiger partial charge in [-0.25, -0.2) is 0 Å². The van der Waals surface area contributed by atoms with E-state index in [0.717, 1.165) is 12.8 Å². The molecular weight excluding hydrogens is 278 g/mol. The van der Waals surface area contributed by atoms with Crippen LogP contribution in [0.15, 0.2) is 0 Å². The first kappa shape index (κ1) is 19.7. The van der Waals surface area contributed by atoms with Crippen molar-refractivity contribution in [2.75, 3.05) is 12.5 Å². The van der Waals surface area contributed by atoms with Crippen molar-refractivity contribution in [2.24, 2.45) is 0 Å². The third-order valence-corrected chi connectivity index (χ3v) is 2.70. The topological polar surface area (TPSA) is 44.8 Å². The van der Waals surface area contributed by atoms with Crippen molar-refractivity contribution in [3.05, 3.63) is 0 Å². The zero-order valence-electron chi connectivity index (χ0n) is 13.4. The minimum absolute atomic E-state index is 0.200. The molecule has 0 aliphatic carbocycles. The Morgan fingerprint density at radius 2 is 2.00 bits per heavy atom. The molecule has 118 valence electrons. The average molecular weight is 307 g/mol. The van der Waals surface area contributed by atoms with Crippen molar-refractivity contribution in [3.63, 3.8) is 0 Å². The second-order valence-electron chi connectivity index (χ2n) is 5.82. The standard InChI is InChI=1S/C14H28BClO4/c1-6-7-10-18-15(5)20-12(8-9-16)11-13(17)19-14(2,3)4/h12H,6-11H2,1-5H3/t12-/m0/s1. The molecule has 0 rings (SSSR count). The summed E-state index contributed by atoms with van der Waals surface area (Å²) in [6, 6.07) is 0. The molecule has 0 amide bonds. The SMILES string of the molecule is CCCCOB(C)O[C@@H](CCCl)CC(=O)OC(C)(C)C. The summed E-state index contributed by atoms with van der Waals surface area (Å²) in [6.07, 6.45) is 2.61. The summed E-state index contributed by atoms with van der Waals surface area (Å²) in [6.45, 7) is 10.1. The van der Waals surface area contributed by atoms with Gasteiger partial charge in [-0.05, 0) is 40.4 Å². The number of unbranched alkanes of at least 4 members (excludes halogenated alkanes) is 1. The van der Waals surface area contributed by atoms with E-state index in [1.165, 1.54) is 0 Å². The van der Waals surface area contributed by atoms with Crippen LogP contribution in [0, 0.1) is 0 Å². The van der Waals surface area contributed by atoms with Gasteiger partial charge in [-0.2, -0.15) is 0 Å². The van der Waals surface area contributed by atoms with Crippen LogP contribution in [0.3, 0.4) is 0 Å². The molecule has 0 spiro atoms. The van der Waals surface area contributed by atoms with Gasteiger partial charge < -0.3 is 14.0 Å². The van der Waals surface area contributed by atoms with E-state index in [0.29, 0.717) is 18.9 Å². The predicted octanol–water partition coefficient (Wildman–Crippen LogP) is 3.67. The van der Waals surface area contributed by atoms with Crippen molar-refractivity contribution in [1.82, 2.24) is 0 Å². The Balaban J connectivity index is 4.17. The van der Waals surface area contributed by atoms with Crippen LogP contribution >= 0.6 is 11.6 Å². The normalized spacial score (nSPS) is 13.1. The number of halogens is 1. The van der Waals surface area contributed by atoms with E-state index in [1.54, 1.807) is 0 Å². The van der Waals surface area contributed by atoms with Gasteiger partial charge >= 0.3 is 13.1 Å². The number of hydrogen-bond acceptors (Lipinski definition) is 4. The molecule has 0 saturated carbocycles. The van der Waals surface area contributed by atoms with Crippen LogP contribution in [0.25, 0.3) is 0 Å². The molecule has 0 aromatic heterocycles. The second-order valence-corrected chi connectivity index (χ2v) is 6.20. The summed E-state index contributed by atoms with van der Waals surface area (Å²) in [4.78, 5) is 11.8. The first-order chi connectivity index (χ1) is 9.28. The van der Waals surface area contributed by atoms with E-state index in [1.807, 2.05) is 27.6 Å². The van der Waals surface area contributed by atoms with E-state index in [-0.39, 0.29) is 25.6 Å². The Morgan fingerprint density at radius 1 is 1.35 bits per heavy atom. The quantitative estimate of drug-likeness (QED) is 0.267. The first-order valence-corrected chi connectivity index (χ1v) is 7.86. The first-order valence-electron chi connectivity index (χ1n) is 7.33. The smallest absolute Gasteiger partial charge is 0.453 e. The van der Waals surface area contributed by atoms with E-state index in [9.17, 15) is 4.79 Å². The van der Waals surface area contributed by atoms with Crippen LogP contribution in [0.1, 0.15) is 53.4 Å². The lowest BCUT2D eigenvalue weighted by atomic mass is 9.94. The molecule has 0 heterocycles. The highest BCUT2D eigenvalue weighted by Gasteiger charge is 2.23. The molecule has 0 bridgehead atoms. The Kier molecular flexibility index (Phi) is 10.3. The van der Waals surface area contributed by atoms with Gasteiger partial charge in [0, 0.05) is 12.5 Å². The van der Waals surface area contributed by atoms with Crippen LogP contribution in [-0.4, -0.2) is 37.3 Å². The van der Waals surface area contributed by atoms with Gasteiger partial charge in [0.1, 0.15) is 5.60 Å². The minimum atomic E-state index is -0.480. The third kappa shape index (κ3) is 11.6. The maximum absolute atomic E-state index is 11.8. The Bertz CT molecular complexity index is 268. The highest BCUT2D eigenvalue weighted by atomic mass is 35.5. The van der Waals surface area contributed by atoms with Crippen LogP contribution in [-0.2, 0) is 18.8 Å².